The van der Waals surface area contributed by atoms with Gasteiger partial charge in [0, 0.05) is 11.6 Å². The lowest BCUT2D eigenvalue weighted by Crippen LogP contribution is -2.19. The van der Waals surface area contributed by atoms with E-state index in [0.717, 1.165) is 5.56 Å². The molecule has 0 aliphatic carbocycles. The Labute approximate surface area is 162 Å². The average molecular weight is 384 g/mol. The summed E-state index contributed by atoms with van der Waals surface area (Å²) in [5.41, 5.74) is 1.46. The normalized spacial score (nSPS) is 16.5. The van der Waals surface area contributed by atoms with E-state index in [1.165, 1.54) is 11.8 Å². The number of para-hydroxylation sites is 2. The first kappa shape index (κ1) is 18.8. The molecule has 0 bridgehead atoms. The number of amides is 1. The van der Waals surface area contributed by atoms with E-state index in [9.17, 15) is 4.79 Å². The second-order valence-corrected chi connectivity index (χ2v) is 6.52. The number of hydrogen-bond acceptors (Lipinski definition) is 6. The number of hydrogen-bond donors (Lipinski definition) is 1. The van der Waals surface area contributed by atoms with Crippen molar-refractivity contribution in [3.8, 4) is 17.2 Å². The summed E-state index contributed by atoms with van der Waals surface area (Å²) in [6, 6.07) is 12.9. The molecule has 1 N–H and O–H groups in total. The third kappa shape index (κ3) is 4.43. The summed E-state index contributed by atoms with van der Waals surface area (Å²) in [6.07, 6.45) is 1.77. The van der Waals surface area contributed by atoms with E-state index >= 15 is 0 Å². The van der Waals surface area contributed by atoms with Crippen molar-refractivity contribution in [2.75, 3.05) is 20.8 Å². The predicted molar refractivity (Wildman–Crippen MR) is 108 cm³/mol. The fourth-order valence-electron chi connectivity index (χ4n) is 2.50. The molecular formula is C20H20N2O4S. The van der Waals surface area contributed by atoms with Crippen LogP contribution in [-0.2, 0) is 4.79 Å². The first-order valence-electron chi connectivity index (χ1n) is 8.38. The van der Waals surface area contributed by atoms with Gasteiger partial charge in [-0.1, -0.05) is 12.1 Å². The fourth-order valence-corrected chi connectivity index (χ4v) is 3.32. The summed E-state index contributed by atoms with van der Waals surface area (Å²) in [5.74, 6) is 1.79. The van der Waals surface area contributed by atoms with Crippen LogP contribution in [0, 0.1) is 0 Å². The van der Waals surface area contributed by atoms with Crippen LogP contribution in [0.1, 0.15) is 12.5 Å². The van der Waals surface area contributed by atoms with Crippen molar-refractivity contribution in [1.29, 1.82) is 0 Å². The Hall–Kier alpha value is -2.93. The summed E-state index contributed by atoms with van der Waals surface area (Å²) in [7, 11) is 3.17. The van der Waals surface area contributed by atoms with Crippen LogP contribution < -0.4 is 19.5 Å². The Morgan fingerprint density at radius 2 is 1.93 bits per heavy atom. The molecule has 27 heavy (non-hydrogen) atoms. The average Bonchev–Trinajstić information content (AvgIpc) is 3.02. The van der Waals surface area contributed by atoms with Gasteiger partial charge in [0.05, 0.1) is 25.7 Å². The molecule has 1 saturated heterocycles. The van der Waals surface area contributed by atoms with E-state index in [4.69, 9.17) is 14.2 Å². The van der Waals surface area contributed by atoms with Crippen molar-refractivity contribution >= 4 is 34.6 Å². The summed E-state index contributed by atoms with van der Waals surface area (Å²) in [6.45, 7) is 2.46. The van der Waals surface area contributed by atoms with E-state index in [0.29, 0.717) is 39.6 Å². The van der Waals surface area contributed by atoms with Gasteiger partial charge in [0.1, 0.15) is 22.9 Å². The molecule has 2 aromatic carbocycles. The Morgan fingerprint density at radius 3 is 2.67 bits per heavy atom. The molecule has 1 heterocycles. The van der Waals surface area contributed by atoms with Gasteiger partial charge in [-0.3, -0.25) is 4.79 Å². The molecule has 1 aliphatic rings. The molecule has 0 saturated carbocycles. The number of rotatable bonds is 6. The SMILES string of the molecule is CCOc1ccccc1N=C1NC(=O)C(=Cc2ccc(OC)cc2OC)S1. The second-order valence-electron chi connectivity index (χ2n) is 5.49. The molecule has 7 heteroatoms. The highest BCUT2D eigenvalue weighted by Crippen LogP contribution is 2.34. The van der Waals surface area contributed by atoms with Gasteiger partial charge in [-0.2, -0.15) is 0 Å². The number of carbonyl (C=O) groups is 1. The maximum Gasteiger partial charge on any atom is 0.264 e. The number of amidine groups is 1. The molecule has 3 rings (SSSR count). The summed E-state index contributed by atoms with van der Waals surface area (Å²) in [4.78, 5) is 17.4. The van der Waals surface area contributed by atoms with Gasteiger partial charge in [-0.25, -0.2) is 4.99 Å². The lowest BCUT2D eigenvalue weighted by Gasteiger charge is -2.07. The van der Waals surface area contributed by atoms with Gasteiger partial charge < -0.3 is 19.5 Å². The van der Waals surface area contributed by atoms with Crippen LogP contribution in [0.4, 0.5) is 5.69 Å². The minimum Gasteiger partial charge on any atom is -0.497 e. The minimum atomic E-state index is -0.203. The Kier molecular flexibility index (Phi) is 6.03. The molecule has 0 radical (unpaired) electrons. The van der Waals surface area contributed by atoms with Crippen molar-refractivity contribution in [3.05, 3.63) is 52.9 Å². The highest BCUT2D eigenvalue weighted by molar-refractivity contribution is 8.18. The predicted octanol–water partition coefficient (Wildman–Crippen LogP) is 3.99. The van der Waals surface area contributed by atoms with Gasteiger partial charge in [0.2, 0.25) is 0 Å². The van der Waals surface area contributed by atoms with Crippen LogP contribution in [0.15, 0.2) is 52.4 Å². The maximum absolute atomic E-state index is 12.3. The smallest absolute Gasteiger partial charge is 0.264 e. The molecule has 0 aromatic heterocycles. The van der Waals surface area contributed by atoms with E-state index in [-0.39, 0.29) is 5.91 Å². The molecule has 1 fully saturated rings. The Bertz CT molecular complexity index is 909. The van der Waals surface area contributed by atoms with Crippen molar-refractivity contribution in [3.63, 3.8) is 0 Å². The van der Waals surface area contributed by atoms with Crippen LogP contribution in [0.3, 0.4) is 0 Å². The number of thioether (sulfide) groups is 1. The van der Waals surface area contributed by atoms with Gasteiger partial charge in [0.15, 0.2) is 5.17 Å². The van der Waals surface area contributed by atoms with Crippen LogP contribution >= 0.6 is 11.8 Å². The van der Waals surface area contributed by atoms with Crippen LogP contribution in [-0.4, -0.2) is 31.9 Å². The zero-order chi connectivity index (χ0) is 19.2. The van der Waals surface area contributed by atoms with Crippen LogP contribution in [0.2, 0.25) is 0 Å². The first-order valence-corrected chi connectivity index (χ1v) is 9.19. The molecule has 6 nitrogen and oxygen atoms in total. The lowest BCUT2D eigenvalue weighted by molar-refractivity contribution is -0.115. The summed E-state index contributed by atoms with van der Waals surface area (Å²) < 4.78 is 16.2. The monoisotopic (exact) mass is 384 g/mol. The molecule has 1 amide bonds. The second kappa shape index (κ2) is 8.64. The van der Waals surface area contributed by atoms with Crippen molar-refractivity contribution < 1.29 is 19.0 Å². The summed E-state index contributed by atoms with van der Waals surface area (Å²) in [5, 5.41) is 3.29. The molecule has 0 spiro atoms. The number of carbonyl (C=O) groups excluding carboxylic acids is 1. The molecular weight excluding hydrogens is 364 g/mol. The van der Waals surface area contributed by atoms with E-state index in [2.05, 4.69) is 10.3 Å². The molecule has 2 aromatic rings. The highest BCUT2D eigenvalue weighted by Gasteiger charge is 2.24. The number of benzene rings is 2. The van der Waals surface area contributed by atoms with Crippen molar-refractivity contribution in [2.24, 2.45) is 4.99 Å². The third-order valence-corrected chi connectivity index (χ3v) is 4.68. The van der Waals surface area contributed by atoms with E-state index in [1.807, 2.05) is 43.3 Å². The zero-order valence-electron chi connectivity index (χ0n) is 15.3. The first-order chi connectivity index (χ1) is 13.1. The number of methoxy groups -OCH3 is 2. The number of nitrogens with zero attached hydrogens (tertiary/aromatic N) is 1. The van der Waals surface area contributed by atoms with E-state index < -0.39 is 0 Å². The molecule has 0 atom stereocenters. The van der Waals surface area contributed by atoms with Crippen molar-refractivity contribution in [2.45, 2.75) is 6.92 Å². The lowest BCUT2D eigenvalue weighted by atomic mass is 10.1. The summed E-state index contributed by atoms with van der Waals surface area (Å²) >= 11 is 1.27. The maximum atomic E-state index is 12.3. The van der Waals surface area contributed by atoms with Crippen LogP contribution in [0.25, 0.3) is 6.08 Å². The highest BCUT2D eigenvalue weighted by atomic mass is 32.2. The largest absolute Gasteiger partial charge is 0.497 e. The molecule has 0 unspecified atom stereocenters. The molecule has 140 valence electrons. The Balaban J connectivity index is 1.87. The third-order valence-electron chi connectivity index (χ3n) is 3.77. The topological polar surface area (TPSA) is 69.2 Å². The van der Waals surface area contributed by atoms with Gasteiger partial charge in [-0.05, 0) is 49.0 Å². The van der Waals surface area contributed by atoms with Gasteiger partial charge in [-0.15, -0.1) is 0 Å². The number of aliphatic imine (C=N–C) groups is 1. The van der Waals surface area contributed by atoms with E-state index in [1.54, 1.807) is 26.4 Å². The standard InChI is InChI=1S/C20H20N2O4S/c1-4-26-16-8-6-5-7-15(16)21-20-22-19(23)18(27-20)11-13-9-10-14(24-2)12-17(13)25-3/h5-12H,4H2,1-3H3,(H,21,22,23). The number of nitrogens with one attached hydrogen (secondary N) is 1. The van der Waals surface area contributed by atoms with Gasteiger partial charge in [0.25, 0.3) is 5.91 Å². The van der Waals surface area contributed by atoms with Crippen molar-refractivity contribution in [1.82, 2.24) is 5.32 Å². The van der Waals surface area contributed by atoms with Gasteiger partial charge >= 0.3 is 0 Å². The van der Waals surface area contributed by atoms with Crippen LogP contribution in [0.5, 0.6) is 17.2 Å². The quantitative estimate of drug-likeness (QED) is 0.763. The zero-order valence-corrected chi connectivity index (χ0v) is 16.1. The fraction of sp³-hybridized carbons (Fsp3) is 0.200. The number of ether oxygens (including phenoxy) is 3. The Morgan fingerprint density at radius 1 is 1.11 bits per heavy atom. The molecule has 1 aliphatic heterocycles. The minimum absolute atomic E-state index is 0.203.